The van der Waals surface area contributed by atoms with Gasteiger partial charge in [0.05, 0.1) is 0 Å². The predicted octanol–water partition coefficient (Wildman–Crippen LogP) is 1.76. The Kier molecular flexibility index (Phi) is 3.27. The van der Waals surface area contributed by atoms with Gasteiger partial charge in [-0.2, -0.15) is 0 Å². The summed E-state index contributed by atoms with van der Waals surface area (Å²) in [5.41, 5.74) is 5.82. The molecule has 1 saturated carbocycles. The van der Waals surface area contributed by atoms with Crippen molar-refractivity contribution in [3.8, 4) is 0 Å². The Morgan fingerprint density at radius 2 is 2.00 bits per heavy atom. The second kappa shape index (κ2) is 4.13. The number of nitrogens with two attached hydrogens (primary N) is 1. The van der Waals surface area contributed by atoms with Crippen molar-refractivity contribution in [2.24, 2.45) is 11.7 Å². The zero-order valence-corrected chi connectivity index (χ0v) is 9.67. The summed E-state index contributed by atoms with van der Waals surface area (Å²) < 4.78 is 5.14. The largest absolute Gasteiger partial charge is 0.444 e. The zero-order valence-electron chi connectivity index (χ0n) is 9.67. The molecule has 0 bridgehead atoms. The van der Waals surface area contributed by atoms with Gasteiger partial charge in [-0.25, -0.2) is 4.79 Å². The number of ether oxygens (including phenoxy) is 1. The molecular formula is C11H20N2O2. The van der Waals surface area contributed by atoms with Crippen LogP contribution in [0.15, 0.2) is 12.3 Å². The van der Waals surface area contributed by atoms with Crippen LogP contribution in [0.2, 0.25) is 0 Å². The third kappa shape index (κ3) is 3.81. The summed E-state index contributed by atoms with van der Waals surface area (Å²) in [4.78, 5) is 11.4. The minimum atomic E-state index is -0.440. The quantitative estimate of drug-likeness (QED) is 0.733. The molecule has 0 aromatic rings. The number of rotatable bonds is 2. The van der Waals surface area contributed by atoms with Crippen molar-refractivity contribution < 1.29 is 9.53 Å². The van der Waals surface area contributed by atoms with Crippen LogP contribution in [0.1, 0.15) is 33.6 Å². The molecule has 3 N–H and O–H groups in total. The highest BCUT2D eigenvalue weighted by molar-refractivity contribution is 5.68. The number of nitrogens with one attached hydrogen (secondary N) is 1. The molecule has 0 atom stereocenters. The second-order valence-corrected chi connectivity index (χ2v) is 5.09. The number of amides is 1. The van der Waals surface area contributed by atoms with Crippen molar-refractivity contribution in [2.75, 3.05) is 0 Å². The fourth-order valence-electron chi connectivity index (χ4n) is 1.51. The van der Waals surface area contributed by atoms with Gasteiger partial charge < -0.3 is 15.8 Å². The fraction of sp³-hybridized carbons (Fsp3) is 0.727. The first-order chi connectivity index (χ1) is 6.78. The third-order valence-electron chi connectivity index (χ3n) is 2.38. The molecule has 1 aliphatic carbocycles. The molecular weight excluding hydrogens is 192 g/mol. The van der Waals surface area contributed by atoms with E-state index in [1.54, 1.807) is 0 Å². The van der Waals surface area contributed by atoms with Crippen LogP contribution in [-0.4, -0.2) is 17.7 Å². The molecule has 1 amide bonds. The molecule has 0 aromatic carbocycles. The normalized spacial score (nSPS) is 25.3. The maximum Gasteiger partial charge on any atom is 0.407 e. The molecule has 4 nitrogen and oxygen atoms in total. The minimum absolute atomic E-state index is 0.185. The van der Waals surface area contributed by atoms with E-state index in [1.165, 1.54) is 0 Å². The van der Waals surface area contributed by atoms with E-state index < -0.39 is 5.60 Å². The highest BCUT2D eigenvalue weighted by Crippen LogP contribution is 2.30. The average molecular weight is 212 g/mol. The molecule has 1 aliphatic rings. The van der Waals surface area contributed by atoms with E-state index in [0.29, 0.717) is 11.6 Å². The number of hydrogen-bond donors (Lipinski definition) is 2. The Hall–Kier alpha value is -1.19. The lowest BCUT2D eigenvalue weighted by Gasteiger charge is -2.36. The molecule has 0 heterocycles. The molecule has 1 rings (SSSR count). The van der Waals surface area contributed by atoms with E-state index in [9.17, 15) is 4.79 Å². The average Bonchev–Trinajstić information content (AvgIpc) is 1.91. The van der Waals surface area contributed by atoms with Gasteiger partial charge in [-0.3, -0.25) is 0 Å². The van der Waals surface area contributed by atoms with Crippen molar-refractivity contribution in [3.05, 3.63) is 12.3 Å². The first-order valence-electron chi connectivity index (χ1n) is 5.21. The Morgan fingerprint density at radius 1 is 1.47 bits per heavy atom. The van der Waals surface area contributed by atoms with E-state index in [0.717, 1.165) is 12.8 Å². The standard InChI is InChI=1S/C11H20N2O2/c1-7(12)8-5-9(6-8)13-10(14)15-11(2,3)4/h8-9H,1,5-6,12H2,2-4H3,(H,13,14). The molecule has 86 valence electrons. The number of carbonyl (C=O) groups excluding carboxylic acids is 1. The van der Waals surface area contributed by atoms with Gasteiger partial charge in [0.25, 0.3) is 0 Å². The van der Waals surface area contributed by atoms with Gasteiger partial charge in [0.15, 0.2) is 0 Å². The smallest absolute Gasteiger partial charge is 0.407 e. The van der Waals surface area contributed by atoms with Crippen LogP contribution in [0, 0.1) is 5.92 Å². The Bertz CT molecular complexity index is 262. The van der Waals surface area contributed by atoms with Crippen LogP contribution in [-0.2, 0) is 4.74 Å². The van der Waals surface area contributed by atoms with Crippen LogP contribution in [0.25, 0.3) is 0 Å². The van der Waals surface area contributed by atoms with E-state index in [4.69, 9.17) is 10.5 Å². The van der Waals surface area contributed by atoms with Crippen LogP contribution in [0.5, 0.6) is 0 Å². The monoisotopic (exact) mass is 212 g/mol. The van der Waals surface area contributed by atoms with Crippen molar-refractivity contribution in [3.63, 3.8) is 0 Å². The maximum atomic E-state index is 11.4. The molecule has 0 radical (unpaired) electrons. The highest BCUT2D eigenvalue weighted by Gasteiger charge is 2.32. The Balaban J connectivity index is 2.22. The first-order valence-corrected chi connectivity index (χ1v) is 5.21. The number of carbonyl (C=O) groups is 1. The van der Waals surface area contributed by atoms with Gasteiger partial charge in [0.2, 0.25) is 0 Å². The third-order valence-corrected chi connectivity index (χ3v) is 2.38. The molecule has 0 aromatic heterocycles. The molecule has 0 saturated heterocycles. The van der Waals surface area contributed by atoms with Crippen LogP contribution in [0.4, 0.5) is 4.79 Å². The SMILES string of the molecule is C=C(N)C1CC(NC(=O)OC(C)(C)C)C1. The van der Waals surface area contributed by atoms with E-state index in [1.807, 2.05) is 20.8 Å². The lowest BCUT2D eigenvalue weighted by Crippen LogP contribution is -2.47. The Labute approximate surface area is 90.9 Å². The predicted molar refractivity (Wildman–Crippen MR) is 59.2 cm³/mol. The van der Waals surface area contributed by atoms with Crippen molar-refractivity contribution >= 4 is 6.09 Å². The molecule has 0 unspecified atom stereocenters. The summed E-state index contributed by atoms with van der Waals surface area (Å²) in [5.74, 6) is 0.352. The van der Waals surface area contributed by atoms with Crippen LogP contribution in [0.3, 0.4) is 0 Å². The molecule has 4 heteroatoms. The van der Waals surface area contributed by atoms with E-state index >= 15 is 0 Å². The number of alkyl carbamates (subject to hydrolysis) is 1. The van der Waals surface area contributed by atoms with Gasteiger partial charge >= 0.3 is 6.09 Å². The van der Waals surface area contributed by atoms with Crippen molar-refractivity contribution in [1.82, 2.24) is 5.32 Å². The topological polar surface area (TPSA) is 64.3 Å². The lowest BCUT2D eigenvalue weighted by molar-refractivity contribution is 0.0462. The van der Waals surface area contributed by atoms with Crippen LogP contribution < -0.4 is 11.1 Å². The highest BCUT2D eigenvalue weighted by atomic mass is 16.6. The van der Waals surface area contributed by atoms with Crippen molar-refractivity contribution in [1.29, 1.82) is 0 Å². The molecule has 0 spiro atoms. The van der Waals surface area contributed by atoms with Gasteiger partial charge in [-0.05, 0) is 33.6 Å². The summed E-state index contributed by atoms with van der Waals surface area (Å²) >= 11 is 0. The summed E-state index contributed by atoms with van der Waals surface area (Å²) in [7, 11) is 0. The first kappa shape index (κ1) is 11.9. The molecule has 15 heavy (non-hydrogen) atoms. The second-order valence-electron chi connectivity index (χ2n) is 5.09. The summed E-state index contributed by atoms with van der Waals surface area (Å²) in [6.07, 6.45) is 1.39. The molecule has 1 fully saturated rings. The zero-order chi connectivity index (χ0) is 11.6. The summed E-state index contributed by atoms with van der Waals surface area (Å²) in [6.45, 7) is 9.22. The van der Waals surface area contributed by atoms with Gasteiger partial charge in [-0.1, -0.05) is 6.58 Å². The van der Waals surface area contributed by atoms with Gasteiger partial charge in [0, 0.05) is 17.7 Å². The Morgan fingerprint density at radius 3 is 2.40 bits per heavy atom. The van der Waals surface area contributed by atoms with Crippen LogP contribution >= 0.6 is 0 Å². The van der Waals surface area contributed by atoms with E-state index in [2.05, 4.69) is 11.9 Å². The maximum absolute atomic E-state index is 11.4. The van der Waals surface area contributed by atoms with E-state index in [-0.39, 0.29) is 12.1 Å². The van der Waals surface area contributed by atoms with Gasteiger partial charge in [-0.15, -0.1) is 0 Å². The van der Waals surface area contributed by atoms with Gasteiger partial charge in [0.1, 0.15) is 5.60 Å². The molecule has 0 aliphatic heterocycles. The summed E-state index contributed by atoms with van der Waals surface area (Å²) in [5, 5.41) is 2.80. The number of allylic oxidation sites excluding steroid dienone is 1. The summed E-state index contributed by atoms with van der Waals surface area (Å²) in [6, 6.07) is 0.185. The minimum Gasteiger partial charge on any atom is -0.444 e. The fourth-order valence-corrected chi connectivity index (χ4v) is 1.51. The van der Waals surface area contributed by atoms with Crippen molar-refractivity contribution in [2.45, 2.75) is 45.3 Å². The number of hydrogen-bond acceptors (Lipinski definition) is 3. The lowest BCUT2D eigenvalue weighted by atomic mass is 9.79.